The summed E-state index contributed by atoms with van der Waals surface area (Å²) < 4.78 is 5.15. The highest BCUT2D eigenvalue weighted by molar-refractivity contribution is 7.10. The zero-order valence-electron chi connectivity index (χ0n) is 11.8. The van der Waals surface area contributed by atoms with Gasteiger partial charge in [0.05, 0.1) is 19.6 Å². The summed E-state index contributed by atoms with van der Waals surface area (Å²) in [6.45, 7) is 2.07. The zero-order chi connectivity index (χ0) is 14.4. The Labute approximate surface area is 123 Å². The zero-order valence-corrected chi connectivity index (χ0v) is 12.6. The monoisotopic (exact) mass is 289 g/mol. The molecule has 0 fully saturated rings. The van der Waals surface area contributed by atoms with Crippen molar-refractivity contribution in [2.24, 2.45) is 0 Å². The first-order valence-corrected chi connectivity index (χ1v) is 7.56. The second-order valence-electron chi connectivity index (χ2n) is 4.56. The molecular formula is C16H19NO2S. The van der Waals surface area contributed by atoms with Crippen molar-refractivity contribution in [3.63, 3.8) is 0 Å². The smallest absolute Gasteiger partial charge is 0.225 e. The molecule has 2 rings (SSSR count). The lowest BCUT2D eigenvalue weighted by Crippen LogP contribution is -2.29. The molecule has 106 valence electrons. The van der Waals surface area contributed by atoms with Crippen LogP contribution in [0.2, 0.25) is 0 Å². The molecule has 0 bridgehead atoms. The summed E-state index contributed by atoms with van der Waals surface area (Å²) in [5, 5.41) is 5.08. The van der Waals surface area contributed by atoms with Crippen LogP contribution in [0.1, 0.15) is 29.8 Å². The van der Waals surface area contributed by atoms with Crippen molar-refractivity contribution in [2.45, 2.75) is 25.8 Å². The number of carbonyl (C=O) groups excluding carboxylic acids is 1. The van der Waals surface area contributed by atoms with E-state index in [1.807, 2.05) is 41.8 Å². The number of amides is 1. The maximum atomic E-state index is 12.0. The van der Waals surface area contributed by atoms with Crippen molar-refractivity contribution in [2.75, 3.05) is 7.11 Å². The topological polar surface area (TPSA) is 38.3 Å². The van der Waals surface area contributed by atoms with Gasteiger partial charge in [0.1, 0.15) is 5.75 Å². The SMILES string of the molecule is CC[C@@H](NC(=O)Cc1cccs1)c1ccc(OC)cc1. The van der Waals surface area contributed by atoms with Gasteiger partial charge >= 0.3 is 0 Å². The summed E-state index contributed by atoms with van der Waals surface area (Å²) in [6.07, 6.45) is 1.31. The van der Waals surface area contributed by atoms with E-state index in [-0.39, 0.29) is 11.9 Å². The lowest BCUT2D eigenvalue weighted by atomic mass is 10.0. The summed E-state index contributed by atoms with van der Waals surface area (Å²) in [6, 6.07) is 11.8. The molecule has 0 saturated heterocycles. The molecule has 0 spiro atoms. The Bertz CT molecular complexity index is 534. The van der Waals surface area contributed by atoms with E-state index in [2.05, 4.69) is 12.2 Å². The maximum Gasteiger partial charge on any atom is 0.225 e. The van der Waals surface area contributed by atoms with Gasteiger partial charge in [0.2, 0.25) is 5.91 Å². The number of benzene rings is 1. The number of hydrogen-bond donors (Lipinski definition) is 1. The third-order valence-corrected chi connectivity index (χ3v) is 4.05. The van der Waals surface area contributed by atoms with E-state index in [1.54, 1.807) is 18.4 Å². The van der Waals surface area contributed by atoms with Crippen LogP contribution in [0.5, 0.6) is 5.75 Å². The predicted octanol–water partition coefficient (Wildman–Crippen LogP) is 3.57. The lowest BCUT2D eigenvalue weighted by Gasteiger charge is -2.17. The fourth-order valence-electron chi connectivity index (χ4n) is 2.07. The van der Waals surface area contributed by atoms with Crippen LogP contribution in [0.4, 0.5) is 0 Å². The van der Waals surface area contributed by atoms with Crippen molar-refractivity contribution in [3.05, 3.63) is 52.2 Å². The minimum Gasteiger partial charge on any atom is -0.497 e. The number of hydrogen-bond acceptors (Lipinski definition) is 3. The van der Waals surface area contributed by atoms with Gasteiger partial charge in [-0.25, -0.2) is 0 Å². The Morgan fingerprint density at radius 2 is 2.05 bits per heavy atom. The van der Waals surface area contributed by atoms with Crippen LogP contribution >= 0.6 is 11.3 Å². The Morgan fingerprint density at radius 1 is 1.30 bits per heavy atom. The minimum absolute atomic E-state index is 0.0494. The summed E-state index contributed by atoms with van der Waals surface area (Å²) >= 11 is 1.61. The van der Waals surface area contributed by atoms with E-state index in [4.69, 9.17) is 4.74 Å². The Hall–Kier alpha value is -1.81. The van der Waals surface area contributed by atoms with Gasteiger partial charge in [0.15, 0.2) is 0 Å². The molecule has 0 aliphatic heterocycles. The highest BCUT2D eigenvalue weighted by Crippen LogP contribution is 2.20. The number of carbonyl (C=O) groups is 1. The first kappa shape index (κ1) is 14.6. The van der Waals surface area contributed by atoms with Crippen molar-refractivity contribution in [3.8, 4) is 5.75 Å². The standard InChI is InChI=1S/C16H19NO2S/c1-3-15(12-6-8-13(19-2)9-7-12)17-16(18)11-14-5-4-10-20-14/h4-10,15H,3,11H2,1-2H3,(H,17,18)/t15-/m1/s1. The largest absolute Gasteiger partial charge is 0.497 e. The van der Waals surface area contributed by atoms with E-state index >= 15 is 0 Å². The fraction of sp³-hybridized carbons (Fsp3) is 0.312. The normalized spacial score (nSPS) is 11.9. The van der Waals surface area contributed by atoms with Gasteiger partial charge in [0.25, 0.3) is 0 Å². The van der Waals surface area contributed by atoms with Gasteiger partial charge in [-0.2, -0.15) is 0 Å². The average molecular weight is 289 g/mol. The molecule has 1 amide bonds. The van der Waals surface area contributed by atoms with Gasteiger partial charge < -0.3 is 10.1 Å². The molecule has 3 nitrogen and oxygen atoms in total. The van der Waals surface area contributed by atoms with Gasteiger partial charge in [-0.3, -0.25) is 4.79 Å². The number of nitrogens with one attached hydrogen (secondary N) is 1. The second kappa shape index (κ2) is 7.10. The molecule has 1 atom stereocenters. The summed E-state index contributed by atoms with van der Waals surface area (Å²) in [5.41, 5.74) is 1.10. The van der Waals surface area contributed by atoms with E-state index < -0.39 is 0 Å². The summed E-state index contributed by atoms with van der Waals surface area (Å²) in [5.74, 6) is 0.892. The molecule has 1 heterocycles. The molecule has 4 heteroatoms. The molecule has 0 aliphatic carbocycles. The Balaban J connectivity index is 1.98. The van der Waals surface area contributed by atoms with Crippen LogP contribution in [-0.2, 0) is 11.2 Å². The number of rotatable bonds is 6. The van der Waals surface area contributed by atoms with Crippen molar-refractivity contribution in [1.29, 1.82) is 0 Å². The first-order chi connectivity index (χ1) is 9.72. The molecule has 0 unspecified atom stereocenters. The third kappa shape index (κ3) is 3.84. The fourth-order valence-corrected chi connectivity index (χ4v) is 2.78. The molecule has 1 aromatic heterocycles. The van der Waals surface area contributed by atoms with Gasteiger partial charge in [-0.1, -0.05) is 25.1 Å². The molecule has 0 saturated carbocycles. The van der Waals surface area contributed by atoms with Crippen LogP contribution < -0.4 is 10.1 Å². The third-order valence-electron chi connectivity index (χ3n) is 3.18. The number of ether oxygens (including phenoxy) is 1. The molecule has 2 aromatic rings. The van der Waals surface area contributed by atoms with Crippen molar-refractivity contribution >= 4 is 17.2 Å². The second-order valence-corrected chi connectivity index (χ2v) is 5.59. The van der Waals surface area contributed by atoms with Crippen molar-refractivity contribution in [1.82, 2.24) is 5.32 Å². The summed E-state index contributed by atoms with van der Waals surface area (Å²) in [4.78, 5) is 13.1. The maximum absolute atomic E-state index is 12.0. The minimum atomic E-state index is 0.0494. The number of methoxy groups -OCH3 is 1. The molecular weight excluding hydrogens is 270 g/mol. The Morgan fingerprint density at radius 3 is 2.60 bits per heavy atom. The van der Waals surface area contributed by atoms with Gasteiger partial charge in [0, 0.05) is 4.88 Å². The first-order valence-electron chi connectivity index (χ1n) is 6.68. The molecule has 1 N–H and O–H groups in total. The average Bonchev–Trinajstić information content (AvgIpc) is 2.97. The summed E-state index contributed by atoms with van der Waals surface area (Å²) in [7, 11) is 1.65. The molecule has 20 heavy (non-hydrogen) atoms. The van der Waals surface area contributed by atoms with Crippen LogP contribution in [-0.4, -0.2) is 13.0 Å². The van der Waals surface area contributed by atoms with Crippen LogP contribution in [0.25, 0.3) is 0 Å². The molecule has 0 aliphatic rings. The van der Waals surface area contributed by atoms with E-state index in [1.165, 1.54) is 0 Å². The number of thiophene rings is 1. The van der Waals surface area contributed by atoms with E-state index in [0.29, 0.717) is 6.42 Å². The van der Waals surface area contributed by atoms with Gasteiger partial charge in [-0.05, 0) is 35.6 Å². The lowest BCUT2D eigenvalue weighted by molar-refractivity contribution is -0.121. The van der Waals surface area contributed by atoms with Crippen LogP contribution in [0.3, 0.4) is 0 Å². The van der Waals surface area contributed by atoms with E-state index in [9.17, 15) is 4.79 Å². The molecule has 1 aromatic carbocycles. The Kier molecular flexibility index (Phi) is 5.18. The van der Waals surface area contributed by atoms with Gasteiger partial charge in [-0.15, -0.1) is 11.3 Å². The van der Waals surface area contributed by atoms with Crippen LogP contribution in [0, 0.1) is 0 Å². The highest BCUT2D eigenvalue weighted by atomic mass is 32.1. The molecule has 0 radical (unpaired) electrons. The van der Waals surface area contributed by atoms with Crippen molar-refractivity contribution < 1.29 is 9.53 Å². The van der Waals surface area contributed by atoms with Crippen LogP contribution in [0.15, 0.2) is 41.8 Å². The highest BCUT2D eigenvalue weighted by Gasteiger charge is 2.13. The predicted molar refractivity (Wildman–Crippen MR) is 82.2 cm³/mol. The quantitative estimate of drug-likeness (QED) is 0.883. The van der Waals surface area contributed by atoms with E-state index in [0.717, 1.165) is 22.6 Å².